The Bertz CT molecular complexity index is 810. The Morgan fingerprint density at radius 1 is 0.862 bits per heavy atom. The zero-order valence-electron chi connectivity index (χ0n) is 16.3. The van der Waals surface area contributed by atoms with Crippen molar-refractivity contribution in [1.82, 2.24) is 10.6 Å². The van der Waals surface area contributed by atoms with E-state index in [0.29, 0.717) is 5.69 Å². The maximum Gasteiger partial charge on any atom is 0.287 e. The number of rotatable bonds is 7. The van der Waals surface area contributed by atoms with Crippen LogP contribution >= 0.6 is 0 Å². The number of benzene rings is 1. The zero-order valence-corrected chi connectivity index (χ0v) is 16.3. The molecule has 0 bridgehead atoms. The molecule has 1 aliphatic heterocycles. The minimum absolute atomic E-state index is 0.124. The number of carbonyl (C=O) groups excluding carboxylic acids is 3. The Morgan fingerprint density at radius 3 is 2.21 bits per heavy atom. The van der Waals surface area contributed by atoms with Gasteiger partial charge in [-0.1, -0.05) is 12.8 Å². The third-order valence-corrected chi connectivity index (χ3v) is 4.72. The van der Waals surface area contributed by atoms with Gasteiger partial charge in [-0.05, 0) is 49.2 Å². The van der Waals surface area contributed by atoms with Crippen LogP contribution in [-0.4, -0.2) is 43.9 Å². The van der Waals surface area contributed by atoms with E-state index in [-0.39, 0.29) is 24.8 Å². The minimum Gasteiger partial charge on any atom is -0.459 e. The third-order valence-electron chi connectivity index (χ3n) is 4.72. The first-order valence-electron chi connectivity index (χ1n) is 9.85. The van der Waals surface area contributed by atoms with Gasteiger partial charge in [0.2, 0.25) is 11.8 Å². The van der Waals surface area contributed by atoms with Crippen molar-refractivity contribution in [2.45, 2.75) is 25.7 Å². The number of hydrogen-bond donors (Lipinski definition) is 3. The Labute approximate surface area is 169 Å². The molecule has 0 radical (unpaired) electrons. The van der Waals surface area contributed by atoms with Crippen LogP contribution in [0.3, 0.4) is 0 Å². The summed E-state index contributed by atoms with van der Waals surface area (Å²) in [5.74, 6) is -1.16. The number of carbonyl (C=O) groups is 3. The second-order valence-corrected chi connectivity index (χ2v) is 6.93. The van der Waals surface area contributed by atoms with Gasteiger partial charge in [-0.3, -0.25) is 14.4 Å². The van der Waals surface area contributed by atoms with Gasteiger partial charge in [-0.25, -0.2) is 0 Å². The lowest BCUT2D eigenvalue weighted by atomic mass is 10.2. The number of furan rings is 1. The topological polar surface area (TPSA) is 104 Å². The van der Waals surface area contributed by atoms with Gasteiger partial charge >= 0.3 is 0 Å². The molecule has 29 heavy (non-hydrogen) atoms. The van der Waals surface area contributed by atoms with Gasteiger partial charge in [0.15, 0.2) is 5.76 Å². The minimum atomic E-state index is -0.487. The molecule has 0 atom stereocenters. The Morgan fingerprint density at radius 2 is 1.55 bits per heavy atom. The fourth-order valence-electron chi connectivity index (χ4n) is 3.19. The molecule has 0 aliphatic carbocycles. The monoisotopic (exact) mass is 398 g/mol. The van der Waals surface area contributed by atoms with E-state index in [4.69, 9.17) is 4.42 Å². The lowest BCUT2D eigenvalue weighted by Crippen LogP contribution is -2.40. The van der Waals surface area contributed by atoms with Crippen molar-refractivity contribution in [3.8, 4) is 0 Å². The fourth-order valence-corrected chi connectivity index (χ4v) is 3.19. The molecule has 3 N–H and O–H groups in total. The van der Waals surface area contributed by atoms with E-state index in [1.807, 2.05) is 24.3 Å². The molecule has 3 amide bonds. The van der Waals surface area contributed by atoms with Crippen molar-refractivity contribution >= 4 is 29.1 Å². The first-order valence-corrected chi connectivity index (χ1v) is 9.85. The van der Waals surface area contributed by atoms with Gasteiger partial charge in [-0.2, -0.15) is 0 Å². The molecule has 1 aliphatic rings. The molecule has 8 nitrogen and oxygen atoms in total. The number of anilines is 2. The summed E-state index contributed by atoms with van der Waals surface area (Å²) in [6, 6.07) is 10.8. The van der Waals surface area contributed by atoms with Gasteiger partial charge in [0.05, 0.1) is 19.4 Å². The maximum atomic E-state index is 12.0. The molecule has 3 rings (SSSR count). The number of nitrogens with zero attached hydrogens (tertiary/aromatic N) is 1. The third kappa shape index (κ3) is 6.38. The van der Waals surface area contributed by atoms with Crippen LogP contribution in [0.15, 0.2) is 47.1 Å². The summed E-state index contributed by atoms with van der Waals surface area (Å²) in [6.45, 7) is 1.71. The van der Waals surface area contributed by atoms with E-state index < -0.39 is 11.8 Å². The second-order valence-electron chi connectivity index (χ2n) is 6.93. The van der Waals surface area contributed by atoms with E-state index in [9.17, 15) is 14.4 Å². The van der Waals surface area contributed by atoms with Crippen LogP contribution in [0.4, 0.5) is 11.4 Å². The lowest BCUT2D eigenvalue weighted by molar-refractivity contribution is -0.123. The fraction of sp³-hybridized carbons (Fsp3) is 0.381. The van der Waals surface area contributed by atoms with Gasteiger partial charge < -0.3 is 25.3 Å². The average molecular weight is 398 g/mol. The molecule has 1 aromatic carbocycles. The van der Waals surface area contributed by atoms with Crippen molar-refractivity contribution in [1.29, 1.82) is 0 Å². The molecule has 2 aromatic rings. The second kappa shape index (κ2) is 10.3. The summed E-state index contributed by atoms with van der Waals surface area (Å²) < 4.78 is 4.93. The summed E-state index contributed by atoms with van der Waals surface area (Å²) in [6.07, 6.45) is 6.35. The van der Waals surface area contributed by atoms with Gasteiger partial charge in [-0.15, -0.1) is 0 Å². The summed E-state index contributed by atoms with van der Waals surface area (Å²) in [5, 5.41) is 7.64. The van der Waals surface area contributed by atoms with Crippen LogP contribution in [0.5, 0.6) is 0 Å². The van der Waals surface area contributed by atoms with E-state index in [2.05, 4.69) is 20.9 Å². The van der Waals surface area contributed by atoms with Crippen LogP contribution in [0, 0.1) is 0 Å². The van der Waals surface area contributed by atoms with Crippen LogP contribution in [0.25, 0.3) is 0 Å². The Hall–Kier alpha value is -3.29. The normalized spacial score (nSPS) is 14.0. The van der Waals surface area contributed by atoms with E-state index in [1.165, 1.54) is 38.0 Å². The highest BCUT2D eigenvalue weighted by Gasteiger charge is 2.12. The Balaban J connectivity index is 1.38. The highest BCUT2D eigenvalue weighted by atomic mass is 16.3. The lowest BCUT2D eigenvalue weighted by Gasteiger charge is -2.22. The van der Waals surface area contributed by atoms with Gasteiger partial charge in [0.1, 0.15) is 0 Å². The summed E-state index contributed by atoms with van der Waals surface area (Å²) in [7, 11) is 0. The number of nitrogens with one attached hydrogen (secondary N) is 3. The van der Waals surface area contributed by atoms with Crippen molar-refractivity contribution in [3.63, 3.8) is 0 Å². The molecular formula is C21H26N4O4. The summed E-state index contributed by atoms with van der Waals surface area (Å²) >= 11 is 0. The molecule has 0 saturated carbocycles. The average Bonchev–Trinajstić information content (AvgIpc) is 3.14. The smallest absolute Gasteiger partial charge is 0.287 e. The van der Waals surface area contributed by atoms with Crippen LogP contribution in [-0.2, 0) is 9.59 Å². The van der Waals surface area contributed by atoms with E-state index >= 15 is 0 Å². The van der Waals surface area contributed by atoms with E-state index in [1.54, 1.807) is 6.07 Å². The van der Waals surface area contributed by atoms with Crippen molar-refractivity contribution in [2.24, 2.45) is 0 Å². The highest BCUT2D eigenvalue weighted by molar-refractivity contribution is 5.96. The maximum absolute atomic E-state index is 12.0. The molecule has 1 saturated heterocycles. The van der Waals surface area contributed by atoms with Crippen molar-refractivity contribution in [3.05, 3.63) is 48.4 Å². The Kier molecular flexibility index (Phi) is 7.27. The number of hydrogen-bond acceptors (Lipinski definition) is 5. The quantitative estimate of drug-likeness (QED) is 0.663. The first kappa shape index (κ1) is 20.4. The van der Waals surface area contributed by atoms with Crippen LogP contribution in [0.2, 0.25) is 0 Å². The molecule has 0 spiro atoms. The predicted molar refractivity (Wildman–Crippen MR) is 110 cm³/mol. The molecule has 2 heterocycles. The largest absolute Gasteiger partial charge is 0.459 e. The van der Waals surface area contributed by atoms with E-state index in [0.717, 1.165) is 18.8 Å². The molecule has 1 fully saturated rings. The predicted octanol–water partition coefficient (Wildman–Crippen LogP) is 2.14. The molecule has 1 aromatic heterocycles. The van der Waals surface area contributed by atoms with Crippen LogP contribution < -0.4 is 20.9 Å². The highest BCUT2D eigenvalue weighted by Crippen LogP contribution is 2.21. The zero-order chi connectivity index (χ0) is 20.5. The molecular weight excluding hydrogens is 372 g/mol. The summed E-state index contributed by atoms with van der Waals surface area (Å²) in [4.78, 5) is 37.9. The molecule has 154 valence electrons. The van der Waals surface area contributed by atoms with Crippen molar-refractivity contribution < 1.29 is 18.8 Å². The standard InChI is InChI=1S/C21H26N4O4/c26-19(14-23-21(28)18-6-5-13-29-18)22-15-20(27)24-16-7-9-17(10-8-16)25-11-3-1-2-4-12-25/h5-10,13H,1-4,11-12,14-15H2,(H,22,26)(H,23,28)(H,24,27). The van der Waals surface area contributed by atoms with Crippen molar-refractivity contribution in [2.75, 3.05) is 36.4 Å². The SMILES string of the molecule is O=C(CNC(=O)c1ccco1)NCC(=O)Nc1ccc(N2CCCCCC2)cc1. The summed E-state index contributed by atoms with van der Waals surface area (Å²) in [5.41, 5.74) is 1.83. The van der Waals surface area contributed by atoms with Gasteiger partial charge in [0.25, 0.3) is 5.91 Å². The molecule has 8 heteroatoms. The number of amides is 3. The van der Waals surface area contributed by atoms with Gasteiger partial charge in [0, 0.05) is 24.5 Å². The first-order chi connectivity index (χ1) is 14.1. The molecule has 0 unspecified atom stereocenters. The van der Waals surface area contributed by atoms with Crippen LogP contribution in [0.1, 0.15) is 36.2 Å².